The van der Waals surface area contributed by atoms with Crippen LogP contribution in [-0.4, -0.2) is 46.6 Å². The molecule has 0 bridgehead atoms. The highest BCUT2D eigenvalue weighted by molar-refractivity contribution is 14.0. The van der Waals surface area contributed by atoms with Crippen LogP contribution in [0.5, 0.6) is 0 Å². The van der Waals surface area contributed by atoms with Crippen molar-refractivity contribution in [2.45, 2.75) is 39.2 Å². The molecule has 0 radical (unpaired) electrons. The van der Waals surface area contributed by atoms with Crippen molar-refractivity contribution < 1.29 is 0 Å². The Kier molecular flexibility index (Phi) is 9.10. The molecule has 0 aliphatic carbocycles. The van der Waals surface area contributed by atoms with Crippen LogP contribution >= 0.6 is 24.0 Å². The number of piperidine rings is 1. The number of rotatable bonds is 6. The van der Waals surface area contributed by atoms with Gasteiger partial charge in [0.25, 0.3) is 0 Å². The molecular weight excluding hydrogens is 449 g/mol. The molecule has 148 valence electrons. The molecular formula is C21H32IN5. The zero-order valence-corrected chi connectivity index (χ0v) is 18.8. The van der Waals surface area contributed by atoms with E-state index in [2.05, 4.69) is 63.9 Å². The van der Waals surface area contributed by atoms with Crippen LogP contribution in [0.4, 0.5) is 0 Å². The van der Waals surface area contributed by atoms with E-state index in [1.54, 1.807) is 0 Å². The predicted molar refractivity (Wildman–Crippen MR) is 123 cm³/mol. The van der Waals surface area contributed by atoms with Crippen LogP contribution in [0.1, 0.15) is 38.2 Å². The standard InChI is InChI=1S/C21H31N5.HI/c1-3-18-16-26(13-10-20(18)19-8-6-5-7-9-19)21(23-4-2)24-12-15-25-14-11-22-17-25;/h5-9,11,14,17-18,20H,3-4,10,12-13,15-16H2,1-2H3,(H,23,24);1H. The number of nitrogens with zero attached hydrogens (tertiary/aromatic N) is 4. The maximum absolute atomic E-state index is 4.86. The number of hydrogen-bond acceptors (Lipinski definition) is 2. The number of benzene rings is 1. The highest BCUT2D eigenvalue weighted by atomic mass is 127. The van der Waals surface area contributed by atoms with Crippen molar-refractivity contribution in [1.29, 1.82) is 0 Å². The van der Waals surface area contributed by atoms with Gasteiger partial charge in [-0.25, -0.2) is 4.98 Å². The van der Waals surface area contributed by atoms with Crippen LogP contribution in [0.2, 0.25) is 0 Å². The molecule has 3 rings (SSSR count). The monoisotopic (exact) mass is 481 g/mol. The molecule has 1 aromatic heterocycles. The van der Waals surface area contributed by atoms with E-state index in [4.69, 9.17) is 4.99 Å². The summed E-state index contributed by atoms with van der Waals surface area (Å²) < 4.78 is 2.07. The highest BCUT2D eigenvalue weighted by Gasteiger charge is 2.30. The highest BCUT2D eigenvalue weighted by Crippen LogP contribution is 2.34. The summed E-state index contributed by atoms with van der Waals surface area (Å²) in [4.78, 5) is 11.4. The molecule has 1 aliphatic rings. The third kappa shape index (κ3) is 5.96. The number of guanidine groups is 1. The van der Waals surface area contributed by atoms with E-state index in [0.717, 1.165) is 38.7 Å². The van der Waals surface area contributed by atoms with Gasteiger partial charge in [-0.1, -0.05) is 43.7 Å². The maximum atomic E-state index is 4.86. The van der Waals surface area contributed by atoms with E-state index in [1.165, 1.54) is 18.4 Å². The van der Waals surface area contributed by atoms with Gasteiger partial charge in [0, 0.05) is 38.6 Å². The van der Waals surface area contributed by atoms with E-state index in [1.807, 2.05) is 18.7 Å². The van der Waals surface area contributed by atoms with Crippen molar-refractivity contribution in [3.05, 3.63) is 54.6 Å². The fraction of sp³-hybridized carbons (Fsp3) is 0.524. The third-order valence-corrected chi connectivity index (χ3v) is 5.30. The van der Waals surface area contributed by atoms with Crippen LogP contribution in [0.3, 0.4) is 0 Å². The molecule has 5 nitrogen and oxygen atoms in total. The lowest BCUT2D eigenvalue weighted by Crippen LogP contribution is -2.48. The van der Waals surface area contributed by atoms with Gasteiger partial charge < -0.3 is 14.8 Å². The Morgan fingerprint density at radius 2 is 2.07 bits per heavy atom. The number of hydrogen-bond donors (Lipinski definition) is 1. The zero-order valence-electron chi connectivity index (χ0n) is 16.4. The van der Waals surface area contributed by atoms with E-state index in [0.29, 0.717) is 11.8 Å². The summed E-state index contributed by atoms with van der Waals surface area (Å²) in [5, 5.41) is 3.48. The number of nitrogens with one attached hydrogen (secondary N) is 1. The summed E-state index contributed by atoms with van der Waals surface area (Å²) in [6.07, 6.45) is 8.04. The Bertz CT molecular complexity index is 671. The number of halogens is 1. The lowest BCUT2D eigenvalue weighted by Gasteiger charge is -2.40. The van der Waals surface area contributed by atoms with Gasteiger partial charge in [-0.3, -0.25) is 4.99 Å². The molecule has 1 aliphatic heterocycles. The summed E-state index contributed by atoms with van der Waals surface area (Å²) in [6.45, 7) is 9.13. The van der Waals surface area contributed by atoms with Gasteiger partial charge in [0.2, 0.25) is 0 Å². The summed E-state index contributed by atoms with van der Waals surface area (Å²) in [7, 11) is 0. The lowest BCUT2D eigenvalue weighted by molar-refractivity contribution is 0.215. The number of aliphatic imine (C=N–C) groups is 1. The second kappa shape index (κ2) is 11.3. The van der Waals surface area contributed by atoms with E-state index < -0.39 is 0 Å². The van der Waals surface area contributed by atoms with Crippen molar-refractivity contribution in [2.24, 2.45) is 10.9 Å². The first kappa shape index (κ1) is 21.7. The Labute approximate surface area is 180 Å². The van der Waals surface area contributed by atoms with E-state index in [9.17, 15) is 0 Å². The number of aromatic nitrogens is 2. The van der Waals surface area contributed by atoms with Crippen molar-refractivity contribution >= 4 is 29.9 Å². The first-order valence-corrected chi connectivity index (χ1v) is 9.85. The quantitative estimate of drug-likeness (QED) is 0.386. The smallest absolute Gasteiger partial charge is 0.193 e. The average molecular weight is 481 g/mol. The van der Waals surface area contributed by atoms with Crippen LogP contribution in [0.25, 0.3) is 0 Å². The molecule has 6 heteroatoms. The van der Waals surface area contributed by atoms with Crippen molar-refractivity contribution in [1.82, 2.24) is 19.8 Å². The average Bonchev–Trinajstić information content (AvgIpc) is 3.21. The van der Waals surface area contributed by atoms with E-state index in [-0.39, 0.29) is 24.0 Å². The minimum Gasteiger partial charge on any atom is -0.357 e. The minimum atomic E-state index is 0. The molecule has 2 aromatic rings. The van der Waals surface area contributed by atoms with Crippen LogP contribution in [-0.2, 0) is 6.54 Å². The van der Waals surface area contributed by atoms with Crippen molar-refractivity contribution in [3.8, 4) is 0 Å². The van der Waals surface area contributed by atoms with Crippen LogP contribution in [0, 0.1) is 5.92 Å². The molecule has 0 saturated carbocycles. The predicted octanol–water partition coefficient (Wildman–Crippen LogP) is 3.98. The fourth-order valence-corrected chi connectivity index (χ4v) is 3.89. The molecule has 2 heterocycles. The largest absolute Gasteiger partial charge is 0.357 e. The Balaban J connectivity index is 0.00000261. The molecule has 1 aromatic carbocycles. The van der Waals surface area contributed by atoms with Crippen molar-refractivity contribution in [2.75, 3.05) is 26.2 Å². The second-order valence-electron chi connectivity index (χ2n) is 6.96. The van der Waals surface area contributed by atoms with Gasteiger partial charge in [-0.15, -0.1) is 24.0 Å². The first-order valence-electron chi connectivity index (χ1n) is 9.85. The Hall–Kier alpha value is -1.57. The number of likely N-dealkylation sites (tertiary alicyclic amines) is 1. The molecule has 0 spiro atoms. The lowest BCUT2D eigenvalue weighted by atomic mass is 9.79. The molecule has 1 fully saturated rings. The summed E-state index contributed by atoms with van der Waals surface area (Å²) in [5.41, 5.74) is 1.49. The minimum absolute atomic E-state index is 0. The van der Waals surface area contributed by atoms with Crippen molar-refractivity contribution in [3.63, 3.8) is 0 Å². The number of imidazole rings is 1. The third-order valence-electron chi connectivity index (χ3n) is 5.30. The Morgan fingerprint density at radius 3 is 2.74 bits per heavy atom. The van der Waals surface area contributed by atoms with E-state index >= 15 is 0 Å². The summed E-state index contributed by atoms with van der Waals surface area (Å²) in [5.74, 6) is 2.38. The fourth-order valence-electron chi connectivity index (χ4n) is 3.89. The topological polar surface area (TPSA) is 45.5 Å². The van der Waals surface area contributed by atoms with Gasteiger partial charge in [0.15, 0.2) is 5.96 Å². The van der Waals surface area contributed by atoms with Crippen LogP contribution in [0.15, 0.2) is 54.0 Å². The molecule has 1 N–H and O–H groups in total. The molecule has 1 saturated heterocycles. The first-order chi connectivity index (χ1) is 12.8. The van der Waals surface area contributed by atoms with Gasteiger partial charge in [0.1, 0.15) is 0 Å². The molecule has 2 atom stereocenters. The summed E-state index contributed by atoms with van der Waals surface area (Å²) in [6, 6.07) is 11.0. The van der Waals surface area contributed by atoms with Gasteiger partial charge >= 0.3 is 0 Å². The Morgan fingerprint density at radius 1 is 1.26 bits per heavy atom. The van der Waals surface area contributed by atoms with Crippen LogP contribution < -0.4 is 5.32 Å². The SMILES string of the molecule is CCNC(=NCCn1ccnc1)N1CCC(c2ccccc2)C(CC)C1.I. The van der Waals surface area contributed by atoms with Gasteiger partial charge in [-0.2, -0.15) is 0 Å². The zero-order chi connectivity index (χ0) is 18.2. The summed E-state index contributed by atoms with van der Waals surface area (Å²) >= 11 is 0. The molecule has 27 heavy (non-hydrogen) atoms. The second-order valence-corrected chi connectivity index (χ2v) is 6.96. The molecule has 0 amide bonds. The molecule has 2 unspecified atom stereocenters. The van der Waals surface area contributed by atoms with Gasteiger partial charge in [-0.05, 0) is 30.7 Å². The maximum Gasteiger partial charge on any atom is 0.193 e. The van der Waals surface area contributed by atoms with Gasteiger partial charge in [0.05, 0.1) is 12.9 Å². The normalized spacial score (nSPS) is 20.2.